The fourth-order valence-electron chi connectivity index (χ4n) is 3.92. The van der Waals surface area contributed by atoms with Crippen molar-refractivity contribution in [2.45, 2.75) is 43.9 Å². The lowest BCUT2D eigenvalue weighted by molar-refractivity contribution is -0.118. The van der Waals surface area contributed by atoms with Gasteiger partial charge in [-0.3, -0.25) is 4.79 Å². The largest absolute Gasteiger partial charge is 0.495 e. The Labute approximate surface area is 189 Å². The van der Waals surface area contributed by atoms with Gasteiger partial charge in [0.15, 0.2) is 0 Å². The number of hydrogen-bond donors (Lipinski definition) is 1. The monoisotopic (exact) mass is 464 g/mol. The van der Waals surface area contributed by atoms with E-state index in [1.807, 2.05) is 26.0 Å². The van der Waals surface area contributed by atoms with E-state index in [2.05, 4.69) is 5.32 Å². The van der Waals surface area contributed by atoms with Crippen LogP contribution >= 0.6 is 11.6 Å². The lowest BCUT2D eigenvalue weighted by atomic mass is 9.87. The quantitative estimate of drug-likeness (QED) is 0.632. The first kappa shape index (κ1) is 23.6. The van der Waals surface area contributed by atoms with Gasteiger partial charge in [0.2, 0.25) is 15.9 Å². The summed E-state index contributed by atoms with van der Waals surface area (Å²) >= 11 is 5.99. The highest BCUT2D eigenvalue weighted by Crippen LogP contribution is 2.33. The van der Waals surface area contributed by atoms with Crippen LogP contribution in [0.2, 0.25) is 5.02 Å². The molecule has 0 bridgehead atoms. The molecule has 1 unspecified atom stereocenters. The third kappa shape index (κ3) is 5.40. The number of carbonyl (C=O) groups excluding carboxylic acids is 1. The highest BCUT2D eigenvalue weighted by Gasteiger charge is 2.28. The maximum atomic E-state index is 13.2. The van der Waals surface area contributed by atoms with Crippen LogP contribution in [0.4, 0.5) is 5.69 Å². The maximum absolute atomic E-state index is 13.2. The second kappa shape index (κ2) is 10.0. The average Bonchev–Trinajstić information content (AvgIpc) is 2.75. The number of methoxy groups -OCH3 is 1. The van der Waals surface area contributed by atoms with Crippen LogP contribution in [0.15, 0.2) is 47.4 Å². The first-order valence-corrected chi connectivity index (χ1v) is 12.3. The minimum atomic E-state index is -3.63. The summed E-state index contributed by atoms with van der Waals surface area (Å²) in [5.74, 6) is -0.232. The number of nitrogens with zero attached hydrogens (tertiary/aromatic N) is 1. The number of halogens is 1. The number of benzene rings is 2. The van der Waals surface area contributed by atoms with Gasteiger partial charge < -0.3 is 10.1 Å². The van der Waals surface area contributed by atoms with Crippen molar-refractivity contribution in [3.63, 3.8) is 0 Å². The molecule has 1 amide bonds. The van der Waals surface area contributed by atoms with Crippen LogP contribution in [-0.4, -0.2) is 38.8 Å². The van der Waals surface area contributed by atoms with Crippen molar-refractivity contribution in [1.29, 1.82) is 0 Å². The Hall–Kier alpha value is -2.09. The van der Waals surface area contributed by atoms with Gasteiger partial charge in [-0.15, -0.1) is 0 Å². The van der Waals surface area contributed by atoms with Crippen molar-refractivity contribution in [3.8, 4) is 5.75 Å². The van der Waals surface area contributed by atoms with Crippen LogP contribution in [-0.2, 0) is 14.8 Å². The van der Waals surface area contributed by atoms with Gasteiger partial charge in [-0.05, 0) is 54.7 Å². The molecule has 6 nitrogen and oxygen atoms in total. The van der Waals surface area contributed by atoms with E-state index in [4.69, 9.17) is 16.3 Å². The Bertz CT molecular complexity index is 1020. The molecule has 2 aromatic rings. The summed E-state index contributed by atoms with van der Waals surface area (Å²) in [6.07, 6.45) is 2.75. The lowest BCUT2D eigenvalue weighted by Crippen LogP contribution is -2.35. The predicted molar refractivity (Wildman–Crippen MR) is 123 cm³/mol. The van der Waals surface area contributed by atoms with Gasteiger partial charge in [-0.2, -0.15) is 4.31 Å². The fourth-order valence-corrected chi connectivity index (χ4v) is 5.59. The second-order valence-electron chi connectivity index (χ2n) is 8.09. The van der Waals surface area contributed by atoms with E-state index in [0.717, 1.165) is 24.8 Å². The highest BCUT2D eigenvalue weighted by atomic mass is 35.5. The molecule has 1 fully saturated rings. The summed E-state index contributed by atoms with van der Waals surface area (Å²) in [5, 5.41) is 3.49. The van der Waals surface area contributed by atoms with Gasteiger partial charge >= 0.3 is 0 Å². The molecule has 1 heterocycles. The van der Waals surface area contributed by atoms with E-state index in [9.17, 15) is 13.2 Å². The summed E-state index contributed by atoms with van der Waals surface area (Å²) in [7, 11) is -2.14. The molecule has 168 valence electrons. The van der Waals surface area contributed by atoms with Gasteiger partial charge in [0.25, 0.3) is 0 Å². The summed E-state index contributed by atoms with van der Waals surface area (Å²) < 4.78 is 33.0. The number of ether oxygens (including phenoxy) is 1. The number of anilines is 1. The predicted octanol–water partition coefficient (Wildman–Crippen LogP) is 4.90. The molecule has 0 saturated carbocycles. The molecule has 0 radical (unpaired) electrons. The number of piperidine rings is 1. The molecule has 0 aliphatic carbocycles. The van der Waals surface area contributed by atoms with Crippen LogP contribution < -0.4 is 10.1 Å². The molecule has 2 aromatic carbocycles. The molecule has 1 aliphatic rings. The van der Waals surface area contributed by atoms with Gasteiger partial charge in [0.1, 0.15) is 5.75 Å². The zero-order chi connectivity index (χ0) is 22.6. The van der Waals surface area contributed by atoms with Crippen molar-refractivity contribution < 1.29 is 17.9 Å². The van der Waals surface area contributed by atoms with Gasteiger partial charge in [0.05, 0.1) is 23.6 Å². The zero-order valence-corrected chi connectivity index (χ0v) is 19.7. The van der Waals surface area contributed by atoms with E-state index < -0.39 is 15.9 Å². The third-order valence-corrected chi connectivity index (χ3v) is 7.71. The third-order valence-electron chi connectivity index (χ3n) is 5.56. The fraction of sp³-hybridized carbons (Fsp3) is 0.435. The van der Waals surface area contributed by atoms with Crippen molar-refractivity contribution in [2.24, 2.45) is 5.92 Å². The molecule has 1 N–H and O–H groups in total. The average molecular weight is 465 g/mol. The van der Waals surface area contributed by atoms with Gasteiger partial charge in [0, 0.05) is 18.1 Å². The number of carbonyl (C=O) groups is 1. The van der Waals surface area contributed by atoms with Crippen molar-refractivity contribution in [1.82, 2.24) is 4.31 Å². The molecular weight excluding hydrogens is 436 g/mol. The number of rotatable bonds is 7. The van der Waals surface area contributed by atoms with E-state index in [1.165, 1.54) is 23.5 Å². The Morgan fingerprint density at radius 3 is 2.29 bits per heavy atom. The molecular formula is C23H29ClN2O4S. The summed E-state index contributed by atoms with van der Waals surface area (Å²) in [6.45, 7) is 4.96. The minimum Gasteiger partial charge on any atom is -0.495 e. The summed E-state index contributed by atoms with van der Waals surface area (Å²) in [5.41, 5.74) is 1.18. The number of hydrogen-bond acceptors (Lipinski definition) is 4. The van der Waals surface area contributed by atoms with Crippen LogP contribution in [0.25, 0.3) is 0 Å². The summed E-state index contributed by atoms with van der Waals surface area (Å²) in [4.78, 5) is 13.4. The van der Waals surface area contributed by atoms with Crippen molar-refractivity contribution in [2.75, 3.05) is 25.5 Å². The maximum Gasteiger partial charge on any atom is 0.243 e. The SMILES string of the molecule is COc1ccc(S(=O)(=O)N2CCCCC2)cc1NC(=O)C(c1ccc(Cl)cc1)C(C)C. The Morgan fingerprint density at radius 1 is 1.06 bits per heavy atom. The van der Waals surface area contributed by atoms with Crippen molar-refractivity contribution in [3.05, 3.63) is 53.1 Å². The van der Waals surface area contributed by atoms with Gasteiger partial charge in [-0.25, -0.2) is 8.42 Å². The number of amides is 1. The van der Waals surface area contributed by atoms with Crippen LogP contribution in [0.3, 0.4) is 0 Å². The van der Waals surface area contributed by atoms with E-state index in [0.29, 0.717) is 29.5 Å². The Balaban J connectivity index is 1.91. The second-order valence-corrected chi connectivity index (χ2v) is 10.5. The summed E-state index contributed by atoms with van der Waals surface area (Å²) in [6, 6.07) is 11.8. The molecule has 1 saturated heterocycles. The Kier molecular flexibility index (Phi) is 7.62. The topological polar surface area (TPSA) is 75.7 Å². The lowest BCUT2D eigenvalue weighted by Gasteiger charge is -2.26. The molecule has 0 aromatic heterocycles. The minimum absolute atomic E-state index is 0.0208. The first-order valence-electron chi connectivity index (χ1n) is 10.5. The van der Waals surface area contributed by atoms with Gasteiger partial charge in [-0.1, -0.05) is 44.0 Å². The number of nitrogens with one attached hydrogen (secondary N) is 1. The first-order chi connectivity index (χ1) is 14.7. The molecule has 1 aliphatic heterocycles. The van der Waals surface area contributed by atoms with E-state index in [-0.39, 0.29) is 16.7 Å². The van der Waals surface area contributed by atoms with Crippen molar-refractivity contribution >= 4 is 33.2 Å². The molecule has 1 atom stereocenters. The molecule has 3 rings (SSSR count). The normalized spacial score (nSPS) is 16.2. The Morgan fingerprint density at radius 2 is 1.71 bits per heavy atom. The molecule has 31 heavy (non-hydrogen) atoms. The number of sulfonamides is 1. The zero-order valence-electron chi connectivity index (χ0n) is 18.1. The molecule has 0 spiro atoms. The highest BCUT2D eigenvalue weighted by molar-refractivity contribution is 7.89. The smallest absolute Gasteiger partial charge is 0.243 e. The van der Waals surface area contributed by atoms with Crippen LogP contribution in [0.5, 0.6) is 5.75 Å². The van der Waals surface area contributed by atoms with E-state index >= 15 is 0 Å². The van der Waals surface area contributed by atoms with Crippen LogP contribution in [0.1, 0.15) is 44.6 Å². The standard InChI is InChI=1S/C23H29ClN2O4S/c1-16(2)22(17-7-9-18(24)10-8-17)23(27)25-20-15-19(11-12-21(20)30-3)31(28,29)26-13-5-4-6-14-26/h7-12,15-16,22H,4-6,13-14H2,1-3H3,(H,25,27). The van der Waals surface area contributed by atoms with Crippen LogP contribution in [0, 0.1) is 5.92 Å². The van der Waals surface area contributed by atoms with E-state index in [1.54, 1.807) is 18.2 Å². The molecule has 8 heteroatoms.